The lowest BCUT2D eigenvalue weighted by molar-refractivity contribution is -0.151. The van der Waals surface area contributed by atoms with Crippen LogP contribution in [0.25, 0.3) is 0 Å². The molecule has 0 aliphatic rings. The van der Waals surface area contributed by atoms with Crippen molar-refractivity contribution in [3.8, 4) is 0 Å². The van der Waals surface area contributed by atoms with Crippen molar-refractivity contribution in [2.45, 2.75) is 38.5 Å². The fourth-order valence-electron chi connectivity index (χ4n) is 2.03. The maximum absolute atomic E-state index is 12.6. The molecule has 1 aromatic heterocycles. The van der Waals surface area contributed by atoms with Gasteiger partial charge in [0.25, 0.3) is 0 Å². The molecule has 0 saturated carbocycles. The highest BCUT2D eigenvalue weighted by atomic mass is 32.1. The number of likely N-dealkylation sites (N-methyl/N-ethyl adjacent to an activating group) is 1. The Kier molecular flexibility index (Phi) is 5.62. The van der Waals surface area contributed by atoms with Crippen molar-refractivity contribution < 1.29 is 13.2 Å². The second-order valence-corrected chi connectivity index (χ2v) is 5.03. The zero-order chi connectivity index (χ0) is 13.8. The lowest BCUT2D eigenvalue weighted by Crippen LogP contribution is -2.44. The zero-order valence-corrected chi connectivity index (χ0v) is 11.4. The number of nitrogens with two attached hydrogens (primary N) is 1. The monoisotopic (exact) mass is 280 g/mol. The third kappa shape index (κ3) is 4.26. The highest BCUT2D eigenvalue weighted by molar-refractivity contribution is 7.07. The molecule has 0 radical (unpaired) electrons. The average molecular weight is 280 g/mol. The van der Waals surface area contributed by atoms with Crippen molar-refractivity contribution >= 4 is 11.3 Å². The van der Waals surface area contributed by atoms with E-state index in [0.717, 1.165) is 5.56 Å². The number of halogens is 3. The maximum Gasteiger partial charge on any atom is 0.401 e. The summed E-state index contributed by atoms with van der Waals surface area (Å²) in [5.41, 5.74) is 6.87. The summed E-state index contributed by atoms with van der Waals surface area (Å²) >= 11 is 1.48. The molecule has 0 saturated heterocycles. The Morgan fingerprint density at radius 1 is 1.39 bits per heavy atom. The van der Waals surface area contributed by atoms with E-state index in [4.69, 9.17) is 5.73 Å². The van der Waals surface area contributed by atoms with E-state index >= 15 is 0 Å². The Hall–Kier alpha value is -0.590. The van der Waals surface area contributed by atoms with Crippen LogP contribution in [0.1, 0.15) is 31.9 Å². The Bertz CT molecular complexity index is 338. The van der Waals surface area contributed by atoms with Gasteiger partial charge in [-0.15, -0.1) is 0 Å². The quantitative estimate of drug-likeness (QED) is 0.865. The molecule has 2 N–H and O–H groups in total. The Morgan fingerprint density at radius 3 is 2.44 bits per heavy atom. The Labute approximate surface area is 110 Å². The number of hydrogen-bond acceptors (Lipinski definition) is 3. The molecule has 0 fully saturated rings. The molecule has 0 amide bonds. The van der Waals surface area contributed by atoms with Gasteiger partial charge in [-0.05, 0) is 35.4 Å². The second kappa shape index (κ2) is 6.54. The minimum atomic E-state index is -4.20. The van der Waals surface area contributed by atoms with Crippen LogP contribution in [0.5, 0.6) is 0 Å². The van der Waals surface area contributed by atoms with Gasteiger partial charge in [0.2, 0.25) is 0 Å². The summed E-state index contributed by atoms with van der Waals surface area (Å²) in [5.74, 6) is 0. The van der Waals surface area contributed by atoms with Gasteiger partial charge in [-0.1, -0.05) is 13.8 Å². The van der Waals surface area contributed by atoms with Crippen molar-refractivity contribution in [3.05, 3.63) is 22.4 Å². The minimum absolute atomic E-state index is 0.290. The SMILES string of the molecule is CCC(N)C(c1ccsc1)N(CC)CC(F)(F)F. The molecule has 1 rings (SSSR count). The Morgan fingerprint density at radius 2 is 2.06 bits per heavy atom. The summed E-state index contributed by atoms with van der Waals surface area (Å²) in [7, 11) is 0. The van der Waals surface area contributed by atoms with Crippen molar-refractivity contribution in [1.82, 2.24) is 4.90 Å². The van der Waals surface area contributed by atoms with Crippen molar-refractivity contribution in [3.63, 3.8) is 0 Å². The van der Waals surface area contributed by atoms with Crippen LogP contribution in [-0.4, -0.2) is 30.2 Å². The molecule has 2 unspecified atom stereocenters. The van der Waals surface area contributed by atoms with E-state index in [2.05, 4.69) is 0 Å². The molecular weight excluding hydrogens is 261 g/mol. The van der Waals surface area contributed by atoms with Gasteiger partial charge in [0.05, 0.1) is 12.6 Å². The summed E-state index contributed by atoms with van der Waals surface area (Å²) in [5, 5.41) is 3.74. The number of alkyl halides is 3. The van der Waals surface area contributed by atoms with Crippen LogP contribution in [0.3, 0.4) is 0 Å². The predicted molar refractivity (Wildman–Crippen MR) is 68.6 cm³/mol. The largest absolute Gasteiger partial charge is 0.401 e. The highest BCUT2D eigenvalue weighted by Crippen LogP contribution is 2.29. The van der Waals surface area contributed by atoms with Gasteiger partial charge in [0, 0.05) is 6.04 Å². The van der Waals surface area contributed by atoms with Crippen LogP contribution < -0.4 is 5.73 Å². The molecule has 104 valence electrons. The molecule has 1 aromatic rings. The number of nitrogens with zero attached hydrogens (tertiary/aromatic N) is 1. The van der Waals surface area contributed by atoms with Gasteiger partial charge >= 0.3 is 6.18 Å². The normalized spacial score (nSPS) is 15.9. The summed E-state index contributed by atoms with van der Waals surface area (Å²) in [6, 6.07) is 1.19. The van der Waals surface area contributed by atoms with Gasteiger partial charge in [0.15, 0.2) is 0 Å². The number of hydrogen-bond donors (Lipinski definition) is 1. The molecule has 0 spiro atoms. The first-order chi connectivity index (χ1) is 8.39. The van der Waals surface area contributed by atoms with Crippen molar-refractivity contribution in [2.24, 2.45) is 5.73 Å². The minimum Gasteiger partial charge on any atom is -0.326 e. The van der Waals surface area contributed by atoms with E-state index < -0.39 is 12.7 Å². The fraction of sp³-hybridized carbons (Fsp3) is 0.667. The summed E-state index contributed by atoms with van der Waals surface area (Å²) in [6.07, 6.45) is -3.55. The van der Waals surface area contributed by atoms with E-state index in [9.17, 15) is 13.2 Å². The van der Waals surface area contributed by atoms with Crippen molar-refractivity contribution in [2.75, 3.05) is 13.1 Å². The van der Waals surface area contributed by atoms with Gasteiger partial charge in [-0.2, -0.15) is 24.5 Å². The van der Waals surface area contributed by atoms with Gasteiger partial charge in [0.1, 0.15) is 0 Å². The van der Waals surface area contributed by atoms with E-state index in [1.165, 1.54) is 16.2 Å². The second-order valence-electron chi connectivity index (χ2n) is 4.25. The lowest BCUT2D eigenvalue weighted by atomic mass is 9.98. The third-order valence-corrected chi connectivity index (χ3v) is 3.65. The Balaban J connectivity index is 2.93. The molecule has 2 nitrogen and oxygen atoms in total. The smallest absolute Gasteiger partial charge is 0.326 e. The van der Waals surface area contributed by atoms with Crippen molar-refractivity contribution in [1.29, 1.82) is 0 Å². The molecule has 0 aliphatic carbocycles. The first-order valence-electron chi connectivity index (χ1n) is 5.97. The van der Waals surface area contributed by atoms with E-state index in [1.54, 1.807) is 6.92 Å². The highest BCUT2D eigenvalue weighted by Gasteiger charge is 2.35. The third-order valence-electron chi connectivity index (χ3n) is 2.94. The zero-order valence-electron chi connectivity index (χ0n) is 10.6. The van der Waals surface area contributed by atoms with Crippen LogP contribution in [0.2, 0.25) is 0 Å². The van der Waals surface area contributed by atoms with Gasteiger partial charge < -0.3 is 5.73 Å². The van der Waals surface area contributed by atoms with E-state index in [-0.39, 0.29) is 12.1 Å². The molecule has 2 atom stereocenters. The van der Waals surface area contributed by atoms with Crippen LogP contribution in [0.15, 0.2) is 16.8 Å². The van der Waals surface area contributed by atoms with Crippen LogP contribution >= 0.6 is 11.3 Å². The topological polar surface area (TPSA) is 29.3 Å². The maximum atomic E-state index is 12.6. The molecule has 1 heterocycles. The molecule has 18 heavy (non-hydrogen) atoms. The van der Waals surface area contributed by atoms with E-state index in [0.29, 0.717) is 13.0 Å². The van der Waals surface area contributed by atoms with Crippen LogP contribution in [0, 0.1) is 0 Å². The predicted octanol–water partition coefficient (Wildman–Crippen LogP) is 3.41. The van der Waals surface area contributed by atoms with Crippen LogP contribution in [-0.2, 0) is 0 Å². The molecule has 0 aromatic carbocycles. The fourth-order valence-corrected chi connectivity index (χ4v) is 2.72. The molecular formula is C12H19F3N2S. The summed E-state index contributed by atoms with van der Waals surface area (Å²) in [6.45, 7) is 3.03. The molecule has 6 heteroatoms. The number of rotatable bonds is 6. The van der Waals surface area contributed by atoms with Crippen LogP contribution in [0.4, 0.5) is 13.2 Å². The standard InChI is InChI=1S/C12H19F3N2S/c1-3-10(16)11(9-5-6-18-7-9)17(4-2)8-12(13,14)15/h5-7,10-11H,3-4,8,16H2,1-2H3. The summed E-state index contributed by atoms with van der Waals surface area (Å²) in [4.78, 5) is 1.40. The lowest BCUT2D eigenvalue weighted by Gasteiger charge is -2.34. The number of thiophene rings is 1. The summed E-state index contributed by atoms with van der Waals surface area (Å²) < 4.78 is 37.7. The molecule has 0 bridgehead atoms. The first-order valence-corrected chi connectivity index (χ1v) is 6.91. The first kappa shape index (κ1) is 15.5. The molecule has 0 aliphatic heterocycles. The van der Waals surface area contributed by atoms with E-state index in [1.807, 2.05) is 23.8 Å². The van der Waals surface area contributed by atoms with Gasteiger partial charge in [-0.25, -0.2) is 0 Å². The van der Waals surface area contributed by atoms with Gasteiger partial charge in [-0.3, -0.25) is 4.90 Å². The average Bonchev–Trinajstić information content (AvgIpc) is 2.79.